The van der Waals surface area contributed by atoms with Crippen molar-refractivity contribution in [2.45, 2.75) is 26.3 Å². The number of nitrogens with zero attached hydrogens (tertiary/aromatic N) is 2. The second kappa shape index (κ2) is 7.70. The SMILES string of the molecule is Cc1ccc(-c2noc(CCC(=O)NCc3ccccc3F)n2)cc1. The molecule has 0 saturated heterocycles. The molecule has 0 aliphatic heterocycles. The molecule has 3 aromatic rings. The Labute approximate surface area is 144 Å². The number of carbonyl (C=O) groups is 1. The van der Waals surface area contributed by atoms with Crippen molar-refractivity contribution < 1.29 is 13.7 Å². The van der Waals surface area contributed by atoms with E-state index in [1.807, 2.05) is 31.2 Å². The highest BCUT2D eigenvalue weighted by Gasteiger charge is 2.11. The summed E-state index contributed by atoms with van der Waals surface area (Å²) in [5.41, 5.74) is 2.47. The molecule has 3 rings (SSSR count). The summed E-state index contributed by atoms with van der Waals surface area (Å²) in [7, 11) is 0. The van der Waals surface area contributed by atoms with Gasteiger partial charge in [0, 0.05) is 30.5 Å². The van der Waals surface area contributed by atoms with Crippen molar-refractivity contribution in [1.29, 1.82) is 0 Å². The van der Waals surface area contributed by atoms with Crippen LogP contribution in [0.15, 0.2) is 53.1 Å². The standard InChI is InChI=1S/C19H18FN3O2/c1-13-6-8-14(9-7-13)19-22-18(25-23-19)11-10-17(24)21-12-15-4-2-3-5-16(15)20/h2-9H,10-12H2,1H3,(H,21,24). The van der Waals surface area contributed by atoms with Crippen molar-refractivity contribution in [1.82, 2.24) is 15.5 Å². The van der Waals surface area contributed by atoms with Crippen LogP contribution in [0, 0.1) is 12.7 Å². The monoisotopic (exact) mass is 339 g/mol. The number of benzene rings is 2. The number of aromatic nitrogens is 2. The maximum Gasteiger partial charge on any atom is 0.227 e. The molecule has 0 radical (unpaired) electrons. The molecule has 128 valence electrons. The topological polar surface area (TPSA) is 68.0 Å². The van der Waals surface area contributed by atoms with Crippen LogP contribution in [0.5, 0.6) is 0 Å². The van der Waals surface area contributed by atoms with Crippen molar-refractivity contribution in [2.24, 2.45) is 0 Å². The molecule has 1 amide bonds. The lowest BCUT2D eigenvalue weighted by molar-refractivity contribution is -0.121. The van der Waals surface area contributed by atoms with Gasteiger partial charge in [-0.25, -0.2) is 4.39 Å². The molecule has 0 saturated carbocycles. The first-order valence-electron chi connectivity index (χ1n) is 8.01. The quantitative estimate of drug-likeness (QED) is 0.747. The predicted molar refractivity (Wildman–Crippen MR) is 91.0 cm³/mol. The van der Waals surface area contributed by atoms with Crippen molar-refractivity contribution in [3.8, 4) is 11.4 Å². The lowest BCUT2D eigenvalue weighted by Gasteiger charge is -2.05. The minimum atomic E-state index is -0.331. The van der Waals surface area contributed by atoms with Crippen LogP contribution in [0.25, 0.3) is 11.4 Å². The average Bonchev–Trinajstić information content (AvgIpc) is 3.09. The Morgan fingerprint density at radius 2 is 1.92 bits per heavy atom. The van der Waals surface area contributed by atoms with E-state index < -0.39 is 0 Å². The number of aryl methyl sites for hydroxylation is 2. The van der Waals surface area contributed by atoms with E-state index in [1.54, 1.807) is 18.2 Å². The molecule has 1 N–H and O–H groups in total. The molecule has 0 bridgehead atoms. The first kappa shape index (κ1) is 16.8. The van der Waals surface area contributed by atoms with Crippen molar-refractivity contribution in [3.63, 3.8) is 0 Å². The van der Waals surface area contributed by atoms with Crippen LogP contribution < -0.4 is 5.32 Å². The molecule has 0 fully saturated rings. The van der Waals surface area contributed by atoms with Gasteiger partial charge in [-0.15, -0.1) is 0 Å². The molecule has 2 aromatic carbocycles. The first-order valence-corrected chi connectivity index (χ1v) is 8.01. The number of nitrogens with one attached hydrogen (secondary N) is 1. The third-order valence-electron chi connectivity index (χ3n) is 3.78. The number of amides is 1. The smallest absolute Gasteiger partial charge is 0.227 e. The maximum absolute atomic E-state index is 13.5. The number of hydrogen-bond acceptors (Lipinski definition) is 4. The minimum absolute atomic E-state index is 0.157. The summed E-state index contributed by atoms with van der Waals surface area (Å²) >= 11 is 0. The van der Waals surface area contributed by atoms with Gasteiger partial charge in [0.15, 0.2) is 0 Å². The molecular weight excluding hydrogens is 321 g/mol. The van der Waals surface area contributed by atoms with Gasteiger partial charge >= 0.3 is 0 Å². The van der Waals surface area contributed by atoms with E-state index >= 15 is 0 Å². The summed E-state index contributed by atoms with van der Waals surface area (Å²) < 4.78 is 18.7. The summed E-state index contributed by atoms with van der Waals surface area (Å²) in [6, 6.07) is 14.1. The molecule has 6 heteroatoms. The lowest BCUT2D eigenvalue weighted by atomic mass is 10.1. The number of rotatable bonds is 6. The Hall–Kier alpha value is -3.02. The van der Waals surface area contributed by atoms with Crippen molar-refractivity contribution in [3.05, 3.63) is 71.4 Å². The van der Waals surface area contributed by atoms with Gasteiger partial charge in [-0.3, -0.25) is 4.79 Å². The Bertz CT molecular complexity index is 859. The van der Waals surface area contributed by atoms with Gasteiger partial charge < -0.3 is 9.84 Å². The van der Waals surface area contributed by atoms with Gasteiger partial charge in [0.25, 0.3) is 0 Å². The van der Waals surface area contributed by atoms with E-state index in [0.717, 1.165) is 11.1 Å². The van der Waals surface area contributed by atoms with Crippen LogP contribution in [-0.4, -0.2) is 16.0 Å². The van der Waals surface area contributed by atoms with E-state index in [9.17, 15) is 9.18 Å². The number of carbonyl (C=O) groups excluding carboxylic acids is 1. The molecule has 0 spiro atoms. The minimum Gasteiger partial charge on any atom is -0.352 e. The summed E-state index contributed by atoms with van der Waals surface area (Å²) in [6.45, 7) is 2.16. The van der Waals surface area contributed by atoms with E-state index in [2.05, 4.69) is 15.5 Å². The van der Waals surface area contributed by atoms with Crippen LogP contribution in [-0.2, 0) is 17.8 Å². The van der Waals surface area contributed by atoms with Crippen LogP contribution in [0.3, 0.4) is 0 Å². The zero-order valence-electron chi connectivity index (χ0n) is 13.8. The van der Waals surface area contributed by atoms with E-state index in [0.29, 0.717) is 23.7 Å². The number of hydrogen-bond donors (Lipinski definition) is 1. The highest BCUT2D eigenvalue weighted by atomic mass is 19.1. The molecule has 25 heavy (non-hydrogen) atoms. The van der Waals surface area contributed by atoms with Gasteiger partial charge in [0.05, 0.1) is 0 Å². The maximum atomic E-state index is 13.5. The molecule has 0 atom stereocenters. The van der Waals surface area contributed by atoms with E-state index in [4.69, 9.17) is 4.52 Å². The fraction of sp³-hybridized carbons (Fsp3) is 0.211. The zero-order valence-corrected chi connectivity index (χ0v) is 13.8. The van der Waals surface area contributed by atoms with Gasteiger partial charge in [-0.05, 0) is 13.0 Å². The molecule has 1 aromatic heterocycles. The molecule has 0 aliphatic rings. The van der Waals surface area contributed by atoms with E-state index in [-0.39, 0.29) is 24.7 Å². The predicted octanol–water partition coefficient (Wildman–Crippen LogP) is 3.43. The molecule has 0 unspecified atom stereocenters. The summed E-state index contributed by atoms with van der Waals surface area (Å²) in [6.07, 6.45) is 0.534. The summed E-state index contributed by atoms with van der Waals surface area (Å²) in [5, 5.41) is 6.62. The zero-order chi connectivity index (χ0) is 17.6. The van der Waals surface area contributed by atoms with Gasteiger partial charge in [-0.2, -0.15) is 4.98 Å². The van der Waals surface area contributed by atoms with Crippen LogP contribution in [0.1, 0.15) is 23.4 Å². The van der Waals surface area contributed by atoms with Crippen LogP contribution in [0.2, 0.25) is 0 Å². The molecular formula is C19H18FN3O2. The highest BCUT2D eigenvalue weighted by Crippen LogP contribution is 2.16. The normalized spacial score (nSPS) is 10.6. The average molecular weight is 339 g/mol. The van der Waals surface area contributed by atoms with Gasteiger partial charge in [-0.1, -0.05) is 53.2 Å². The third kappa shape index (κ3) is 4.50. The Balaban J connectivity index is 1.51. The van der Waals surface area contributed by atoms with Crippen LogP contribution in [0.4, 0.5) is 4.39 Å². The van der Waals surface area contributed by atoms with Gasteiger partial charge in [0.2, 0.25) is 17.6 Å². The van der Waals surface area contributed by atoms with E-state index in [1.165, 1.54) is 6.07 Å². The second-order valence-electron chi connectivity index (χ2n) is 5.75. The Morgan fingerprint density at radius 1 is 1.16 bits per heavy atom. The summed E-state index contributed by atoms with van der Waals surface area (Å²) in [4.78, 5) is 16.2. The third-order valence-corrected chi connectivity index (χ3v) is 3.78. The Kier molecular flexibility index (Phi) is 5.18. The Morgan fingerprint density at radius 3 is 2.68 bits per heavy atom. The summed E-state index contributed by atoms with van der Waals surface area (Å²) in [5.74, 6) is 0.374. The number of halogens is 1. The molecule has 0 aliphatic carbocycles. The first-order chi connectivity index (χ1) is 12.1. The van der Waals surface area contributed by atoms with Crippen LogP contribution >= 0.6 is 0 Å². The highest BCUT2D eigenvalue weighted by molar-refractivity contribution is 5.76. The molecule has 5 nitrogen and oxygen atoms in total. The lowest BCUT2D eigenvalue weighted by Crippen LogP contribution is -2.23. The fourth-order valence-electron chi connectivity index (χ4n) is 2.32. The molecule has 1 heterocycles. The fourth-order valence-corrected chi connectivity index (χ4v) is 2.32. The second-order valence-corrected chi connectivity index (χ2v) is 5.75. The van der Waals surface area contributed by atoms with Crippen molar-refractivity contribution in [2.75, 3.05) is 0 Å². The van der Waals surface area contributed by atoms with Crippen molar-refractivity contribution >= 4 is 5.91 Å². The van der Waals surface area contributed by atoms with Gasteiger partial charge in [0.1, 0.15) is 5.82 Å². The largest absolute Gasteiger partial charge is 0.352 e.